The summed E-state index contributed by atoms with van der Waals surface area (Å²) in [6.45, 7) is 4.22. The highest BCUT2D eigenvalue weighted by atomic mass is 16.2. The predicted octanol–water partition coefficient (Wildman–Crippen LogP) is 2.66. The number of hydrogen-bond acceptors (Lipinski definition) is 3. The molecular weight excluding hydrogens is 356 g/mol. The minimum absolute atomic E-state index is 0.239. The third-order valence-corrected chi connectivity index (χ3v) is 6.12. The number of aromatic nitrogens is 1. The van der Waals surface area contributed by atoms with Crippen molar-refractivity contribution in [2.75, 3.05) is 6.54 Å². The number of urea groups is 1. The zero-order chi connectivity index (χ0) is 19.9. The highest BCUT2D eigenvalue weighted by molar-refractivity contribution is 6.09. The Hall–Kier alpha value is -2.83. The van der Waals surface area contributed by atoms with Gasteiger partial charge in [0, 0.05) is 23.1 Å². The Kier molecular flexibility index (Phi) is 4.61. The minimum atomic E-state index is -0.787. The van der Waals surface area contributed by atoms with Crippen LogP contribution in [-0.4, -0.2) is 39.8 Å². The number of nitrogens with one attached hydrogen (secondary N) is 3. The van der Waals surface area contributed by atoms with Gasteiger partial charge in [-0.3, -0.25) is 14.5 Å². The number of carbonyl (C=O) groups is 3. The normalized spacial score (nSPS) is 18.7. The topological polar surface area (TPSA) is 94.3 Å². The van der Waals surface area contributed by atoms with Crippen LogP contribution >= 0.6 is 0 Å². The van der Waals surface area contributed by atoms with E-state index in [1.165, 1.54) is 5.56 Å². The Bertz CT molecular complexity index is 956. The van der Waals surface area contributed by atoms with Crippen LogP contribution in [0.4, 0.5) is 4.79 Å². The maximum absolute atomic E-state index is 12.7. The summed E-state index contributed by atoms with van der Waals surface area (Å²) in [7, 11) is 0. The lowest BCUT2D eigenvalue weighted by molar-refractivity contribution is -0.135. The van der Waals surface area contributed by atoms with Crippen molar-refractivity contribution < 1.29 is 14.4 Å². The molecular formula is C21H26N4O3. The quantitative estimate of drug-likeness (QED) is 0.710. The van der Waals surface area contributed by atoms with Crippen LogP contribution in [-0.2, 0) is 16.1 Å². The standard InChI is InChI=1S/C21H26N4O3/c1-13-14(2)23-17-7-6-15(10-16(13)17)11-22-18(26)12-25-19(27)21(24-20(25)28)8-4-3-5-9-21/h6-7,10,23H,3-5,8-9,11-12H2,1-2H3,(H,22,26)(H,24,28). The van der Waals surface area contributed by atoms with Crippen molar-refractivity contribution in [3.63, 3.8) is 0 Å². The molecule has 7 heteroatoms. The van der Waals surface area contributed by atoms with Crippen LogP contribution in [0.3, 0.4) is 0 Å². The third-order valence-electron chi connectivity index (χ3n) is 6.12. The highest BCUT2D eigenvalue weighted by Gasteiger charge is 2.51. The SMILES string of the molecule is Cc1[nH]c2ccc(CNC(=O)CN3C(=O)NC4(CCCCC4)C3=O)cc2c1C. The number of fused-ring (bicyclic) bond motifs is 1. The number of carbonyl (C=O) groups excluding carboxylic acids is 3. The fourth-order valence-electron chi connectivity index (χ4n) is 4.33. The lowest BCUT2D eigenvalue weighted by Gasteiger charge is -2.30. The van der Waals surface area contributed by atoms with Crippen LogP contribution in [0.25, 0.3) is 10.9 Å². The minimum Gasteiger partial charge on any atom is -0.358 e. The first kappa shape index (κ1) is 18.5. The Morgan fingerprint density at radius 1 is 1.18 bits per heavy atom. The Morgan fingerprint density at radius 3 is 2.68 bits per heavy atom. The highest BCUT2D eigenvalue weighted by Crippen LogP contribution is 2.33. The maximum Gasteiger partial charge on any atom is 0.325 e. The van der Waals surface area contributed by atoms with Gasteiger partial charge in [-0.2, -0.15) is 0 Å². The van der Waals surface area contributed by atoms with E-state index < -0.39 is 11.6 Å². The number of amides is 4. The van der Waals surface area contributed by atoms with E-state index in [9.17, 15) is 14.4 Å². The van der Waals surface area contributed by atoms with Crippen molar-refractivity contribution in [2.45, 2.75) is 58.0 Å². The lowest BCUT2D eigenvalue weighted by Crippen LogP contribution is -2.49. The summed E-state index contributed by atoms with van der Waals surface area (Å²) in [5.41, 5.74) is 3.59. The first-order valence-corrected chi connectivity index (χ1v) is 9.88. The van der Waals surface area contributed by atoms with Gasteiger partial charge in [-0.15, -0.1) is 0 Å². The molecule has 1 aliphatic heterocycles. The molecule has 1 saturated heterocycles. The van der Waals surface area contributed by atoms with E-state index in [-0.39, 0.29) is 18.4 Å². The Balaban J connectivity index is 1.39. The van der Waals surface area contributed by atoms with Gasteiger partial charge in [0.25, 0.3) is 5.91 Å². The van der Waals surface area contributed by atoms with E-state index in [1.807, 2.05) is 19.1 Å². The molecule has 2 aromatic rings. The van der Waals surface area contributed by atoms with Gasteiger partial charge in [-0.1, -0.05) is 25.3 Å². The second kappa shape index (κ2) is 6.96. The second-order valence-corrected chi connectivity index (χ2v) is 8.00. The van der Waals surface area contributed by atoms with Crippen molar-refractivity contribution in [1.82, 2.24) is 20.5 Å². The summed E-state index contributed by atoms with van der Waals surface area (Å²) in [6, 6.07) is 5.56. The molecule has 2 fully saturated rings. The summed E-state index contributed by atoms with van der Waals surface area (Å²) < 4.78 is 0. The van der Waals surface area contributed by atoms with Crippen molar-refractivity contribution in [2.24, 2.45) is 0 Å². The van der Waals surface area contributed by atoms with Gasteiger partial charge in [0.1, 0.15) is 12.1 Å². The van der Waals surface area contributed by atoms with E-state index in [0.717, 1.165) is 46.3 Å². The molecule has 4 amide bonds. The van der Waals surface area contributed by atoms with Crippen LogP contribution in [0.15, 0.2) is 18.2 Å². The van der Waals surface area contributed by atoms with Gasteiger partial charge < -0.3 is 15.6 Å². The smallest absolute Gasteiger partial charge is 0.325 e. The van der Waals surface area contributed by atoms with E-state index in [4.69, 9.17) is 0 Å². The molecule has 1 aliphatic carbocycles. The van der Waals surface area contributed by atoms with Gasteiger partial charge in [0.05, 0.1) is 0 Å². The Morgan fingerprint density at radius 2 is 1.93 bits per heavy atom. The van der Waals surface area contributed by atoms with Gasteiger partial charge in [-0.05, 0) is 49.9 Å². The van der Waals surface area contributed by atoms with Crippen LogP contribution < -0.4 is 10.6 Å². The van der Waals surface area contributed by atoms with Crippen LogP contribution in [0.2, 0.25) is 0 Å². The number of aryl methyl sites for hydroxylation is 2. The van der Waals surface area contributed by atoms with Crippen LogP contribution in [0.1, 0.15) is 48.9 Å². The molecule has 1 spiro atoms. The molecule has 7 nitrogen and oxygen atoms in total. The fraction of sp³-hybridized carbons (Fsp3) is 0.476. The third kappa shape index (κ3) is 3.15. The van der Waals surface area contributed by atoms with Crippen molar-refractivity contribution in [3.05, 3.63) is 35.0 Å². The Labute approximate surface area is 163 Å². The molecule has 1 saturated carbocycles. The number of imide groups is 1. The fourth-order valence-corrected chi connectivity index (χ4v) is 4.33. The number of benzene rings is 1. The molecule has 3 N–H and O–H groups in total. The summed E-state index contributed by atoms with van der Waals surface area (Å²) in [5.74, 6) is -0.592. The predicted molar refractivity (Wildman–Crippen MR) is 106 cm³/mol. The summed E-state index contributed by atoms with van der Waals surface area (Å²) in [4.78, 5) is 41.8. The summed E-state index contributed by atoms with van der Waals surface area (Å²) in [5, 5.41) is 6.79. The zero-order valence-corrected chi connectivity index (χ0v) is 16.4. The summed E-state index contributed by atoms with van der Waals surface area (Å²) in [6.07, 6.45) is 4.24. The first-order chi connectivity index (χ1) is 13.4. The largest absolute Gasteiger partial charge is 0.358 e. The number of nitrogens with zero attached hydrogens (tertiary/aromatic N) is 1. The first-order valence-electron chi connectivity index (χ1n) is 9.88. The molecule has 28 heavy (non-hydrogen) atoms. The van der Waals surface area contributed by atoms with Gasteiger partial charge in [-0.25, -0.2) is 4.79 Å². The molecule has 1 aromatic carbocycles. The van der Waals surface area contributed by atoms with Crippen molar-refractivity contribution in [3.8, 4) is 0 Å². The maximum atomic E-state index is 12.7. The lowest BCUT2D eigenvalue weighted by atomic mass is 9.82. The molecule has 1 aromatic heterocycles. The van der Waals surface area contributed by atoms with Crippen LogP contribution in [0, 0.1) is 13.8 Å². The van der Waals surface area contributed by atoms with E-state index in [0.29, 0.717) is 19.4 Å². The van der Waals surface area contributed by atoms with Crippen LogP contribution in [0.5, 0.6) is 0 Å². The van der Waals surface area contributed by atoms with Crippen molar-refractivity contribution in [1.29, 1.82) is 0 Å². The molecule has 2 heterocycles. The molecule has 0 atom stereocenters. The monoisotopic (exact) mass is 382 g/mol. The van der Waals surface area contributed by atoms with E-state index in [2.05, 4.69) is 28.6 Å². The molecule has 2 aliphatic rings. The van der Waals surface area contributed by atoms with Gasteiger partial charge >= 0.3 is 6.03 Å². The average molecular weight is 382 g/mol. The van der Waals surface area contributed by atoms with Gasteiger partial charge in [0.15, 0.2) is 0 Å². The average Bonchev–Trinajstić information content (AvgIpc) is 3.09. The van der Waals surface area contributed by atoms with E-state index in [1.54, 1.807) is 0 Å². The van der Waals surface area contributed by atoms with Crippen molar-refractivity contribution >= 4 is 28.7 Å². The summed E-state index contributed by atoms with van der Waals surface area (Å²) >= 11 is 0. The zero-order valence-electron chi connectivity index (χ0n) is 16.4. The number of hydrogen-bond donors (Lipinski definition) is 3. The molecule has 4 rings (SSSR count). The number of rotatable bonds is 4. The number of aromatic amines is 1. The molecule has 0 unspecified atom stereocenters. The molecule has 148 valence electrons. The second-order valence-electron chi connectivity index (χ2n) is 8.00. The van der Waals surface area contributed by atoms with Gasteiger partial charge in [0.2, 0.25) is 5.91 Å². The molecule has 0 radical (unpaired) electrons. The number of H-pyrrole nitrogens is 1. The van der Waals surface area contributed by atoms with E-state index >= 15 is 0 Å². The molecule has 0 bridgehead atoms.